The molecule has 4 atom stereocenters. The molecule has 0 saturated carbocycles. The maximum atomic E-state index is 13.9. The number of hydrogen-bond acceptors (Lipinski definition) is 7. The van der Waals surface area contributed by atoms with Gasteiger partial charge in [-0.3, -0.25) is 24.1 Å². The Morgan fingerprint density at radius 2 is 1.71 bits per heavy atom. The van der Waals surface area contributed by atoms with Crippen LogP contribution in [-0.4, -0.2) is 52.1 Å². The summed E-state index contributed by atoms with van der Waals surface area (Å²) in [5.74, 6) is -3.16. The Bertz CT molecular complexity index is 1670. The number of amides is 2. The average molecular weight is 697 g/mol. The van der Waals surface area contributed by atoms with Crippen molar-refractivity contribution in [3.8, 4) is 17.2 Å². The number of carbonyl (C=O) groups is 4. The molecule has 1 fully saturated rings. The highest BCUT2D eigenvalue weighted by atomic mass is 79.9. The number of methoxy groups -OCH3 is 1. The summed E-state index contributed by atoms with van der Waals surface area (Å²) < 4.78 is 6.25. The molecule has 0 spiro atoms. The zero-order valence-electron chi connectivity index (χ0n) is 22.8. The molecule has 2 N–H and O–H groups in total. The molecule has 1 heterocycles. The van der Waals surface area contributed by atoms with Gasteiger partial charge >= 0.3 is 0 Å². The predicted octanol–water partition coefficient (Wildman–Crippen LogP) is 5.30. The largest absolute Gasteiger partial charge is 0.508 e. The number of likely N-dealkylation sites (tertiary alicyclic amines) is 1. The third-order valence-electron chi connectivity index (χ3n) is 8.92. The molecule has 0 radical (unpaired) electrons. The number of phenolic OH excluding ortho intramolecular Hbond substituents is 2. The summed E-state index contributed by atoms with van der Waals surface area (Å²) in [5.41, 5.74) is 3.36. The van der Waals surface area contributed by atoms with Gasteiger partial charge < -0.3 is 14.9 Å². The molecular formula is C32H27Br2NO7. The summed E-state index contributed by atoms with van der Waals surface area (Å²) in [6, 6.07) is 8.30. The number of fused-ring (bicyclic) bond motifs is 3. The van der Waals surface area contributed by atoms with Crippen molar-refractivity contribution >= 4 is 55.2 Å². The van der Waals surface area contributed by atoms with Gasteiger partial charge in [-0.2, -0.15) is 0 Å². The van der Waals surface area contributed by atoms with E-state index in [4.69, 9.17) is 4.74 Å². The Hall–Kier alpha value is -3.50. The minimum absolute atomic E-state index is 0.116. The number of aromatic hydroxyl groups is 2. The van der Waals surface area contributed by atoms with Crippen molar-refractivity contribution in [3.05, 3.63) is 84.8 Å². The number of Topliss-reactive ketones (excluding diaryl/α,β-unsaturated/α-hetero) is 1. The van der Waals surface area contributed by atoms with Gasteiger partial charge in [-0.05, 0) is 99.4 Å². The van der Waals surface area contributed by atoms with E-state index in [1.807, 2.05) is 6.08 Å². The van der Waals surface area contributed by atoms with Crippen molar-refractivity contribution in [2.24, 2.45) is 17.8 Å². The number of phenols is 2. The van der Waals surface area contributed by atoms with E-state index in [0.717, 1.165) is 11.1 Å². The quantitative estimate of drug-likeness (QED) is 0.247. The summed E-state index contributed by atoms with van der Waals surface area (Å²) in [7, 11) is 1.43. The van der Waals surface area contributed by atoms with Crippen LogP contribution in [0.1, 0.15) is 36.8 Å². The van der Waals surface area contributed by atoms with Gasteiger partial charge in [-0.1, -0.05) is 23.8 Å². The van der Waals surface area contributed by atoms with Crippen molar-refractivity contribution in [2.75, 3.05) is 13.7 Å². The van der Waals surface area contributed by atoms with E-state index in [0.29, 0.717) is 44.1 Å². The van der Waals surface area contributed by atoms with Gasteiger partial charge in [0.2, 0.25) is 11.8 Å². The van der Waals surface area contributed by atoms with Crippen LogP contribution in [0.15, 0.2) is 73.7 Å². The lowest BCUT2D eigenvalue weighted by molar-refractivity contribution is -0.140. The highest BCUT2D eigenvalue weighted by molar-refractivity contribution is 9.13. The fourth-order valence-electron chi connectivity index (χ4n) is 6.90. The zero-order chi connectivity index (χ0) is 30.0. The first kappa shape index (κ1) is 28.6. The third-order valence-corrected chi connectivity index (χ3v) is 11.1. The molecule has 1 saturated heterocycles. The van der Waals surface area contributed by atoms with Crippen LogP contribution in [0.4, 0.5) is 0 Å². The Morgan fingerprint density at radius 3 is 2.40 bits per heavy atom. The van der Waals surface area contributed by atoms with Gasteiger partial charge in [0.1, 0.15) is 5.75 Å². The number of ether oxygens (including phenoxy) is 1. The van der Waals surface area contributed by atoms with Crippen LogP contribution in [0.5, 0.6) is 17.2 Å². The first-order chi connectivity index (χ1) is 20.0. The molecule has 2 aromatic rings. The van der Waals surface area contributed by atoms with E-state index >= 15 is 0 Å². The van der Waals surface area contributed by atoms with Crippen molar-refractivity contribution in [2.45, 2.75) is 32.1 Å². The minimum atomic E-state index is -0.686. The first-order valence-corrected chi connectivity index (χ1v) is 15.2. The van der Waals surface area contributed by atoms with E-state index in [1.54, 1.807) is 37.3 Å². The van der Waals surface area contributed by atoms with E-state index in [-0.39, 0.29) is 53.6 Å². The van der Waals surface area contributed by atoms with Crippen LogP contribution in [0.25, 0.3) is 0 Å². The topological polar surface area (TPSA) is 121 Å². The molecule has 0 aromatic heterocycles. The van der Waals surface area contributed by atoms with Crippen LogP contribution < -0.4 is 4.74 Å². The SMILES string of the molecule is COc1cc([C@H]2C3=CC[C@@H]4C(=O)N(CCc5ccc(O)cc5)C(=O)[C@@H]4[C@@H]3CC3=C2C(=O)C=C(C)C3=O)c(Br)c(Br)c1O. The monoisotopic (exact) mass is 695 g/mol. The van der Waals surface area contributed by atoms with E-state index in [9.17, 15) is 29.4 Å². The number of ketones is 2. The Labute approximate surface area is 259 Å². The van der Waals surface area contributed by atoms with Crippen LogP contribution in [0.2, 0.25) is 0 Å². The molecule has 6 rings (SSSR count). The predicted molar refractivity (Wildman–Crippen MR) is 160 cm³/mol. The molecule has 1 aliphatic heterocycles. The molecule has 3 aliphatic carbocycles. The zero-order valence-corrected chi connectivity index (χ0v) is 26.0. The highest BCUT2D eigenvalue weighted by Gasteiger charge is 2.56. The molecular weight excluding hydrogens is 670 g/mol. The second-order valence-electron chi connectivity index (χ2n) is 11.1. The van der Waals surface area contributed by atoms with Gasteiger partial charge in [0.05, 0.1) is 23.4 Å². The molecule has 0 bridgehead atoms. The Morgan fingerprint density at radius 1 is 1.00 bits per heavy atom. The highest BCUT2D eigenvalue weighted by Crippen LogP contribution is 2.57. The average Bonchev–Trinajstić information content (AvgIpc) is 3.22. The van der Waals surface area contributed by atoms with Crippen molar-refractivity contribution in [3.63, 3.8) is 0 Å². The van der Waals surface area contributed by atoms with Crippen molar-refractivity contribution < 1.29 is 34.1 Å². The molecule has 4 aliphatic rings. The standard InChI is InChI=1S/C32H27Br2NO7/c1-14-11-22(37)26-21(29(14)38)12-19-17(24(26)20-13-23(42-2)30(39)28(34)27(20)33)7-8-18-25(19)32(41)35(31(18)40)10-9-15-3-5-16(36)6-4-15/h3-7,11,13,18-19,24-25,36,39H,8-10,12H2,1-2H3/t18-,19+,24+,25-/m0/s1. The lowest BCUT2D eigenvalue weighted by Crippen LogP contribution is -2.40. The molecule has 0 unspecified atom stereocenters. The molecule has 10 heteroatoms. The maximum absolute atomic E-state index is 13.9. The van der Waals surface area contributed by atoms with Gasteiger partial charge in [0, 0.05) is 33.7 Å². The van der Waals surface area contributed by atoms with E-state index < -0.39 is 23.7 Å². The number of rotatable bonds is 5. The molecule has 2 amide bonds. The molecule has 216 valence electrons. The number of imide groups is 1. The molecule has 8 nitrogen and oxygen atoms in total. The number of halogens is 2. The lowest BCUT2D eigenvalue weighted by Gasteiger charge is -2.42. The first-order valence-electron chi connectivity index (χ1n) is 13.6. The van der Waals surface area contributed by atoms with Gasteiger partial charge in [-0.15, -0.1) is 0 Å². The summed E-state index contributed by atoms with van der Waals surface area (Å²) in [5, 5.41) is 20.2. The van der Waals surface area contributed by atoms with E-state index in [2.05, 4.69) is 31.9 Å². The number of allylic oxidation sites excluding steroid dienone is 6. The summed E-state index contributed by atoms with van der Waals surface area (Å²) >= 11 is 6.99. The van der Waals surface area contributed by atoms with E-state index in [1.165, 1.54) is 18.1 Å². The smallest absolute Gasteiger partial charge is 0.233 e. The van der Waals surface area contributed by atoms with Gasteiger partial charge in [0.15, 0.2) is 23.1 Å². The fraction of sp³-hybridized carbons (Fsp3) is 0.312. The van der Waals surface area contributed by atoms with Gasteiger partial charge in [-0.25, -0.2) is 0 Å². The number of benzene rings is 2. The summed E-state index contributed by atoms with van der Waals surface area (Å²) in [6.07, 6.45) is 4.29. The third kappa shape index (κ3) is 4.38. The number of hydrogen-bond donors (Lipinski definition) is 2. The van der Waals surface area contributed by atoms with Crippen molar-refractivity contribution in [1.82, 2.24) is 4.90 Å². The fourth-order valence-corrected chi connectivity index (χ4v) is 7.86. The van der Waals surface area contributed by atoms with Crippen LogP contribution in [-0.2, 0) is 25.6 Å². The van der Waals surface area contributed by atoms with Crippen LogP contribution in [0, 0.1) is 17.8 Å². The van der Waals surface area contributed by atoms with Crippen molar-refractivity contribution in [1.29, 1.82) is 0 Å². The second kappa shape index (κ2) is 10.6. The summed E-state index contributed by atoms with van der Waals surface area (Å²) in [6.45, 7) is 1.82. The second-order valence-corrected chi connectivity index (χ2v) is 12.7. The minimum Gasteiger partial charge on any atom is -0.508 e. The van der Waals surface area contributed by atoms with Gasteiger partial charge in [0.25, 0.3) is 0 Å². The summed E-state index contributed by atoms with van der Waals surface area (Å²) in [4.78, 5) is 55.9. The maximum Gasteiger partial charge on any atom is 0.233 e. The normalized spacial score (nSPS) is 25.2. The van der Waals surface area contributed by atoms with Crippen LogP contribution >= 0.6 is 31.9 Å². The Kier molecular flexibility index (Phi) is 7.25. The lowest BCUT2D eigenvalue weighted by atomic mass is 9.59. The number of nitrogens with zero attached hydrogens (tertiary/aromatic N) is 1. The van der Waals surface area contributed by atoms with Crippen LogP contribution in [0.3, 0.4) is 0 Å². The Balaban J connectivity index is 1.43. The molecule has 42 heavy (non-hydrogen) atoms. The number of carbonyl (C=O) groups excluding carboxylic acids is 4. The molecule has 2 aromatic carbocycles.